The molecule has 2 aliphatic rings. The average Bonchev–Trinajstić information content (AvgIpc) is 2.92. The van der Waals surface area contributed by atoms with Gasteiger partial charge in [-0.3, -0.25) is 4.79 Å². The predicted octanol–water partition coefficient (Wildman–Crippen LogP) is 2.06. The lowest BCUT2D eigenvalue weighted by Crippen LogP contribution is -3.14. The molecule has 1 saturated heterocycles. The van der Waals surface area contributed by atoms with E-state index < -0.39 is 0 Å². The molecule has 1 amide bonds. The van der Waals surface area contributed by atoms with Crippen molar-refractivity contribution in [1.82, 2.24) is 0 Å². The minimum atomic E-state index is -0.295. The summed E-state index contributed by atoms with van der Waals surface area (Å²) >= 11 is 1.57. The first kappa shape index (κ1) is 18.4. The largest absolute Gasteiger partial charge is 0.462 e. The Hall–Kier alpha value is -1.40. The fourth-order valence-electron chi connectivity index (χ4n) is 4.03. The number of carbonyl (C=O) groups excluding carboxylic acids is 2. The van der Waals surface area contributed by atoms with Gasteiger partial charge in [0.25, 0.3) is 5.91 Å². The number of rotatable bonds is 5. The first-order valence-corrected chi connectivity index (χ1v) is 10.3. The summed E-state index contributed by atoms with van der Waals surface area (Å²) < 4.78 is 5.25. The quantitative estimate of drug-likeness (QED) is 0.785. The summed E-state index contributed by atoms with van der Waals surface area (Å²) in [5.74, 6) is 0.394. The fourth-order valence-corrected chi connectivity index (χ4v) is 5.32. The molecule has 25 heavy (non-hydrogen) atoms. The topological polar surface area (TPSA) is 59.8 Å². The van der Waals surface area contributed by atoms with E-state index in [1.54, 1.807) is 11.3 Å². The van der Waals surface area contributed by atoms with Crippen molar-refractivity contribution in [3.63, 3.8) is 0 Å². The second-order valence-corrected chi connectivity index (χ2v) is 8.42. The number of anilines is 1. The smallest absolute Gasteiger partial charge is 0.341 e. The lowest BCUT2D eigenvalue weighted by molar-refractivity contribution is -0.900. The number of amides is 1. The molecule has 0 bridgehead atoms. The minimum Gasteiger partial charge on any atom is -0.462 e. The Kier molecular flexibility index (Phi) is 6.12. The van der Waals surface area contributed by atoms with Gasteiger partial charge in [-0.1, -0.05) is 6.92 Å². The fraction of sp³-hybridized carbons (Fsp3) is 0.684. The molecule has 0 aromatic carbocycles. The molecule has 2 unspecified atom stereocenters. The maximum absolute atomic E-state index is 12.6. The van der Waals surface area contributed by atoms with Crippen LogP contribution in [0, 0.1) is 5.92 Å². The zero-order valence-corrected chi connectivity index (χ0v) is 16.1. The zero-order chi connectivity index (χ0) is 17.8. The molecule has 5 nitrogen and oxygen atoms in total. The molecule has 1 aliphatic heterocycles. The molecule has 0 radical (unpaired) electrons. The first-order valence-electron chi connectivity index (χ1n) is 9.53. The van der Waals surface area contributed by atoms with Crippen molar-refractivity contribution in [1.29, 1.82) is 0 Å². The molecule has 2 N–H and O–H groups in total. The normalized spacial score (nSPS) is 23.0. The Balaban J connectivity index is 1.73. The predicted molar refractivity (Wildman–Crippen MR) is 99.5 cm³/mol. The van der Waals surface area contributed by atoms with E-state index in [9.17, 15) is 9.59 Å². The third-order valence-corrected chi connectivity index (χ3v) is 6.39. The Labute approximate surface area is 153 Å². The molecule has 0 spiro atoms. The number of ether oxygens (including phenoxy) is 1. The van der Waals surface area contributed by atoms with Gasteiger partial charge in [-0.15, -0.1) is 11.3 Å². The first-order chi connectivity index (χ1) is 12.1. The van der Waals surface area contributed by atoms with Gasteiger partial charge in [0.1, 0.15) is 5.00 Å². The highest BCUT2D eigenvalue weighted by Crippen LogP contribution is 2.38. The summed E-state index contributed by atoms with van der Waals surface area (Å²) in [5.41, 5.74) is 1.71. The summed E-state index contributed by atoms with van der Waals surface area (Å²) in [6.45, 7) is 7.02. The van der Waals surface area contributed by atoms with Crippen LogP contribution in [0.2, 0.25) is 0 Å². The van der Waals surface area contributed by atoms with Gasteiger partial charge in [-0.25, -0.2) is 4.79 Å². The molecule has 1 aromatic heterocycles. The van der Waals surface area contributed by atoms with Gasteiger partial charge < -0.3 is 15.0 Å². The molecule has 1 aliphatic carbocycles. The maximum Gasteiger partial charge on any atom is 0.341 e. The molecule has 0 saturated carbocycles. The standard InChI is InChI=1S/C19H28N2O3S/c1-3-24-19(23)17-14-8-4-5-9-15(14)25-18(17)20-16(22)12-21-10-6-7-13(2)11-21/h13H,3-12H2,1-2H3,(H,20,22)/p+1. The van der Waals surface area contributed by atoms with Crippen molar-refractivity contribution in [2.24, 2.45) is 5.92 Å². The van der Waals surface area contributed by atoms with Crippen LogP contribution in [0.1, 0.15) is 60.3 Å². The summed E-state index contributed by atoms with van der Waals surface area (Å²) in [4.78, 5) is 27.6. The number of quaternary nitrogens is 1. The summed E-state index contributed by atoms with van der Waals surface area (Å²) in [5, 5.41) is 3.72. The Morgan fingerprint density at radius 3 is 2.84 bits per heavy atom. The second-order valence-electron chi connectivity index (χ2n) is 7.31. The number of hydrogen-bond donors (Lipinski definition) is 2. The summed E-state index contributed by atoms with van der Waals surface area (Å²) in [6, 6.07) is 0. The zero-order valence-electron chi connectivity index (χ0n) is 15.3. The third-order valence-electron chi connectivity index (χ3n) is 5.18. The van der Waals surface area contributed by atoms with Crippen LogP contribution in [0.15, 0.2) is 0 Å². The molecule has 2 atom stereocenters. The number of carbonyl (C=O) groups is 2. The molecule has 1 fully saturated rings. The van der Waals surface area contributed by atoms with E-state index in [2.05, 4.69) is 12.2 Å². The van der Waals surface area contributed by atoms with E-state index in [1.807, 2.05) is 6.92 Å². The van der Waals surface area contributed by atoms with E-state index in [0.717, 1.165) is 44.3 Å². The number of piperidine rings is 1. The molecule has 1 aromatic rings. The Morgan fingerprint density at radius 1 is 1.28 bits per heavy atom. The monoisotopic (exact) mass is 365 g/mol. The van der Waals surface area contributed by atoms with Crippen molar-refractivity contribution in [3.05, 3.63) is 16.0 Å². The van der Waals surface area contributed by atoms with Crippen molar-refractivity contribution in [3.8, 4) is 0 Å². The number of likely N-dealkylation sites (tertiary alicyclic amines) is 1. The van der Waals surface area contributed by atoms with Crippen LogP contribution in [0.5, 0.6) is 0 Å². The minimum absolute atomic E-state index is 0.00763. The lowest BCUT2D eigenvalue weighted by Gasteiger charge is -2.27. The van der Waals surface area contributed by atoms with E-state index in [0.29, 0.717) is 29.6 Å². The van der Waals surface area contributed by atoms with Gasteiger partial charge in [0.15, 0.2) is 6.54 Å². The van der Waals surface area contributed by atoms with Gasteiger partial charge >= 0.3 is 5.97 Å². The molecule has 6 heteroatoms. The highest BCUT2D eigenvalue weighted by atomic mass is 32.1. The molecule has 2 heterocycles. The van der Waals surface area contributed by atoms with Gasteiger partial charge in [0, 0.05) is 10.8 Å². The number of nitrogens with one attached hydrogen (secondary N) is 2. The van der Waals surface area contributed by atoms with Crippen LogP contribution in [0.25, 0.3) is 0 Å². The summed E-state index contributed by atoms with van der Waals surface area (Å²) in [6.07, 6.45) is 6.60. The number of hydrogen-bond acceptors (Lipinski definition) is 4. The van der Waals surface area contributed by atoms with Crippen molar-refractivity contribution in [2.75, 3.05) is 31.6 Å². The van der Waals surface area contributed by atoms with Crippen LogP contribution in [-0.4, -0.2) is 38.1 Å². The highest BCUT2D eigenvalue weighted by Gasteiger charge is 2.28. The van der Waals surface area contributed by atoms with E-state index in [-0.39, 0.29) is 11.9 Å². The molecular weight excluding hydrogens is 336 g/mol. The van der Waals surface area contributed by atoms with Gasteiger partial charge in [0.2, 0.25) is 0 Å². The SMILES string of the molecule is CCOC(=O)c1c(NC(=O)C[NH+]2CCCC(C)C2)sc2c1CCCC2. The Bertz CT molecular complexity index is 641. The van der Waals surface area contributed by atoms with Crippen molar-refractivity contribution < 1.29 is 19.2 Å². The van der Waals surface area contributed by atoms with Crippen LogP contribution < -0.4 is 10.2 Å². The van der Waals surface area contributed by atoms with Crippen LogP contribution in [0.3, 0.4) is 0 Å². The number of thiophene rings is 1. The number of aryl methyl sites for hydroxylation is 1. The lowest BCUT2D eigenvalue weighted by atomic mass is 9.95. The maximum atomic E-state index is 12.6. The van der Waals surface area contributed by atoms with Gasteiger partial charge in [0.05, 0.1) is 25.3 Å². The van der Waals surface area contributed by atoms with Crippen molar-refractivity contribution >= 4 is 28.2 Å². The third kappa shape index (κ3) is 4.42. The highest BCUT2D eigenvalue weighted by molar-refractivity contribution is 7.17. The molecular formula is C19H29N2O3S+. The van der Waals surface area contributed by atoms with E-state index in [4.69, 9.17) is 4.74 Å². The molecule has 138 valence electrons. The number of fused-ring (bicyclic) bond motifs is 1. The van der Waals surface area contributed by atoms with E-state index >= 15 is 0 Å². The van der Waals surface area contributed by atoms with Crippen molar-refractivity contribution in [2.45, 2.75) is 52.4 Å². The van der Waals surface area contributed by atoms with Gasteiger partial charge in [-0.05, 0) is 51.0 Å². The van der Waals surface area contributed by atoms with Crippen LogP contribution >= 0.6 is 11.3 Å². The van der Waals surface area contributed by atoms with Crippen LogP contribution in [-0.2, 0) is 22.4 Å². The van der Waals surface area contributed by atoms with Crippen LogP contribution in [0.4, 0.5) is 5.00 Å². The molecule has 3 rings (SSSR count). The van der Waals surface area contributed by atoms with E-state index in [1.165, 1.54) is 22.6 Å². The second kappa shape index (κ2) is 8.32. The van der Waals surface area contributed by atoms with Gasteiger partial charge in [-0.2, -0.15) is 0 Å². The number of esters is 1. The average molecular weight is 366 g/mol. The Morgan fingerprint density at radius 2 is 2.08 bits per heavy atom. The summed E-state index contributed by atoms with van der Waals surface area (Å²) in [7, 11) is 0.